The van der Waals surface area contributed by atoms with E-state index in [0.717, 1.165) is 0 Å². The van der Waals surface area contributed by atoms with Crippen molar-refractivity contribution in [1.29, 1.82) is 0 Å². The number of esters is 2. The van der Waals surface area contributed by atoms with Crippen LogP contribution < -0.4 is 0 Å². The van der Waals surface area contributed by atoms with Gasteiger partial charge in [-0.1, -0.05) is 6.07 Å². The maximum absolute atomic E-state index is 11.5. The monoisotopic (exact) mass is 221 g/mol. The van der Waals surface area contributed by atoms with Gasteiger partial charge in [0.1, 0.15) is 0 Å². The van der Waals surface area contributed by atoms with Crippen molar-refractivity contribution in [3.8, 4) is 0 Å². The molecule has 0 unspecified atom stereocenters. The zero-order chi connectivity index (χ0) is 12.0. The molecule has 0 amide bonds. The maximum Gasteiger partial charge on any atom is 0.339 e. The minimum absolute atomic E-state index is 0.183. The van der Waals surface area contributed by atoms with Gasteiger partial charge in [-0.3, -0.25) is 0 Å². The minimum atomic E-state index is -0.539. The molecule has 0 aliphatic carbocycles. The van der Waals surface area contributed by atoms with E-state index < -0.39 is 11.9 Å². The standard InChI is InChI=1S/C12H13O4/c1-3-15-11(13)9-7-5-6-8-10(9)12(14)16-4-2/h5,7-8H,3-4H2,1-2H3. The first-order chi connectivity index (χ1) is 7.70. The van der Waals surface area contributed by atoms with E-state index in [0.29, 0.717) is 0 Å². The van der Waals surface area contributed by atoms with Crippen molar-refractivity contribution in [3.63, 3.8) is 0 Å². The first kappa shape index (κ1) is 12.2. The molecule has 1 radical (unpaired) electrons. The Morgan fingerprint density at radius 1 is 1.12 bits per heavy atom. The summed E-state index contributed by atoms with van der Waals surface area (Å²) in [6.07, 6.45) is 0. The summed E-state index contributed by atoms with van der Waals surface area (Å²) in [5, 5.41) is 0. The molecule has 0 aromatic heterocycles. The number of hydrogen-bond acceptors (Lipinski definition) is 4. The summed E-state index contributed by atoms with van der Waals surface area (Å²) in [5.74, 6) is -1.07. The highest BCUT2D eigenvalue weighted by atomic mass is 16.5. The number of rotatable bonds is 4. The summed E-state index contributed by atoms with van der Waals surface area (Å²) in [5.41, 5.74) is 0.391. The Labute approximate surface area is 94.2 Å². The fourth-order valence-electron chi connectivity index (χ4n) is 1.19. The lowest BCUT2D eigenvalue weighted by molar-refractivity contribution is 0.0479. The van der Waals surface area contributed by atoms with Gasteiger partial charge in [-0.2, -0.15) is 0 Å². The molecule has 0 N–H and O–H groups in total. The molecule has 4 heteroatoms. The number of benzene rings is 1. The van der Waals surface area contributed by atoms with Gasteiger partial charge in [0.25, 0.3) is 0 Å². The largest absolute Gasteiger partial charge is 0.462 e. The predicted molar refractivity (Wildman–Crippen MR) is 57.2 cm³/mol. The number of hydrogen-bond donors (Lipinski definition) is 0. The average Bonchev–Trinajstić information content (AvgIpc) is 2.30. The maximum atomic E-state index is 11.5. The Bertz CT molecular complexity index is 347. The van der Waals surface area contributed by atoms with E-state index in [1.165, 1.54) is 12.1 Å². The van der Waals surface area contributed by atoms with Crippen molar-refractivity contribution in [1.82, 2.24) is 0 Å². The molecule has 0 fully saturated rings. The van der Waals surface area contributed by atoms with Gasteiger partial charge < -0.3 is 9.47 Å². The Morgan fingerprint density at radius 3 is 2.25 bits per heavy atom. The Kier molecular flexibility index (Phi) is 4.51. The van der Waals surface area contributed by atoms with E-state index in [1.807, 2.05) is 0 Å². The second-order valence-electron chi connectivity index (χ2n) is 2.91. The topological polar surface area (TPSA) is 52.6 Å². The van der Waals surface area contributed by atoms with Gasteiger partial charge in [-0.05, 0) is 32.0 Å². The molecular weight excluding hydrogens is 208 g/mol. The van der Waals surface area contributed by atoms with Gasteiger partial charge in [-0.25, -0.2) is 9.59 Å². The lowest BCUT2D eigenvalue weighted by atomic mass is 10.1. The molecule has 0 aliphatic heterocycles. The molecule has 0 saturated carbocycles. The summed E-state index contributed by atoms with van der Waals surface area (Å²) in [6, 6.07) is 7.19. The number of carbonyl (C=O) groups is 2. The smallest absolute Gasteiger partial charge is 0.339 e. The highest BCUT2D eigenvalue weighted by Gasteiger charge is 2.17. The van der Waals surface area contributed by atoms with E-state index in [9.17, 15) is 9.59 Å². The fourth-order valence-corrected chi connectivity index (χ4v) is 1.19. The van der Waals surface area contributed by atoms with Crippen LogP contribution in [0.1, 0.15) is 34.6 Å². The van der Waals surface area contributed by atoms with Crippen molar-refractivity contribution in [2.75, 3.05) is 13.2 Å². The van der Waals surface area contributed by atoms with Gasteiger partial charge in [-0.15, -0.1) is 0 Å². The molecule has 1 rings (SSSR count). The lowest BCUT2D eigenvalue weighted by Gasteiger charge is -2.07. The van der Waals surface area contributed by atoms with Crippen LogP contribution in [0, 0.1) is 6.07 Å². The molecule has 0 bridgehead atoms. The number of ether oxygens (including phenoxy) is 2. The van der Waals surface area contributed by atoms with Crippen LogP contribution in [-0.2, 0) is 9.47 Å². The van der Waals surface area contributed by atoms with E-state index >= 15 is 0 Å². The van der Waals surface area contributed by atoms with Crippen LogP contribution >= 0.6 is 0 Å². The average molecular weight is 221 g/mol. The zero-order valence-electron chi connectivity index (χ0n) is 9.28. The Hall–Kier alpha value is -1.84. The van der Waals surface area contributed by atoms with Crippen molar-refractivity contribution < 1.29 is 19.1 Å². The Balaban J connectivity index is 3.00. The van der Waals surface area contributed by atoms with Crippen molar-refractivity contribution in [2.45, 2.75) is 13.8 Å². The zero-order valence-corrected chi connectivity index (χ0v) is 9.28. The quantitative estimate of drug-likeness (QED) is 0.728. The first-order valence-corrected chi connectivity index (χ1v) is 5.05. The highest BCUT2D eigenvalue weighted by molar-refractivity contribution is 6.03. The van der Waals surface area contributed by atoms with Crippen LogP contribution in [-0.4, -0.2) is 25.2 Å². The van der Waals surface area contributed by atoms with E-state index in [2.05, 4.69) is 6.07 Å². The summed E-state index contributed by atoms with van der Waals surface area (Å²) < 4.78 is 9.67. The third-order valence-corrected chi connectivity index (χ3v) is 1.85. The molecule has 16 heavy (non-hydrogen) atoms. The van der Waals surface area contributed by atoms with Gasteiger partial charge in [0.15, 0.2) is 0 Å². The Morgan fingerprint density at radius 2 is 1.69 bits per heavy atom. The van der Waals surface area contributed by atoms with Crippen molar-refractivity contribution in [2.24, 2.45) is 0 Å². The van der Waals surface area contributed by atoms with Crippen molar-refractivity contribution >= 4 is 11.9 Å². The summed E-state index contributed by atoms with van der Waals surface area (Å²) in [6.45, 7) is 3.93. The SMILES string of the molecule is CCOC(=O)c1c[c]ccc1C(=O)OCC. The summed E-state index contributed by atoms with van der Waals surface area (Å²) >= 11 is 0. The van der Waals surface area contributed by atoms with Gasteiger partial charge >= 0.3 is 11.9 Å². The number of carbonyl (C=O) groups excluding carboxylic acids is 2. The summed E-state index contributed by atoms with van der Waals surface area (Å²) in [4.78, 5) is 23.1. The van der Waals surface area contributed by atoms with Crippen LogP contribution in [0.3, 0.4) is 0 Å². The third-order valence-electron chi connectivity index (χ3n) is 1.85. The van der Waals surface area contributed by atoms with Crippen LogP contribution in [0.2, 0.25) is 0 Å². The molecule has 0 saturated heterocycles. The fraction of sp³-hybridized carbons (Fsp3) is 0.333. The predicted octanol–water partition coefficient (Wildman–Crippen LogP) is 1.84. The minimum Gasteiger partial charge on any atom is -0.462 e. The molecule has 4 nitrogen and oxygen atoms in total. The van der Waals surface area contributed by atoms with Gasteiger partial charge in [0.2, 0.25) is 0 Å². The van der Waals surface area contributed by atoms with Gasteiger partial charge in [0.05, 0.1) is 24.3 Å². The van der Waals surface area contributed by atoms with Crippen LogP contribution in [0.4, 0.5) is 0 Å². The van der Waals surface area contributed by atoms with Crippen LogP contribution in [0.15, 0.2) is 18.2 Å². The summed E-state index contributed by atoms with van der Waals surface area (Å²) in [7, 11) is 0. The lowest BCUT2D eigenvalue weighted by Crippen LogP contribution is -2.13. The highest BCUT2D eigenvalue weighted by Crippen LogP contribution is 2.11. The van der Waals surface area contributed by atoms with Crippen molar-refractivity contribution in [3.05, 3.63) is 35.4 Å². The molecule has 0 spiro atoms. The molecule has 85 valence electrons. The molecule has 0 heterocycles. The second-order valence-corrected chi connectivity index (χ2v) is 2.91. The molecular formula is C12H13O4. The molecule has 1 aromatic rings. The first-order valence-electron chi connectivity index (χ1n) is 5.05. The normalized spacial score (nSPS) is 9.62. The molecule has 1 aromatic carbocycles. The third kappa shape index (κ3) is 2.82. The molecule has 0 aliphatic rings. The van der Waals surface area contributed by atoms with E-state index in [-0.39, 0.29) is 24.3 Å². The van der Waals surface area contributed by atoms with E-state index in [4.69, 9.17) is 9.47 Å². The van der Waals surface area contributed by atoms with Gasteiger partial charge in [0, 0.05) is 0 Å². The van der Waals surface area contributed by atoms with E-state index in [1.54, 1.807) is 19.9 Å². The van der Waals surface area contributed by atoms with Crippen LogP contribution in [0.5, 0.6) is 0 Å². The molecule has 0 atom stereocenters. The second kappa shape index (κ2) is 5.90. The van der Waals surface area contributed by atoms with Crippen LogP contribution in [0.25, 0.3) is 0 Å².